The van der Waals surface area contributed by atoms with Gasteiger partial charge in [-0.15, -0.1) is 0 Å². The van der Waals surface area contributed by atoms with E-state index in [1.165, 1.54) is 6.07 Å². The zero-order valence-electron chi connectivity index (χ0n) is 10.5. The molecular weight excluding hydrogens is 201 g/mol. The summed E-state index contributed by atoms with van der Waals surface area (Å²) in [4.78, 5) is 0. The molecule has 1 aromatic rings. The summed E-state index contributed by atoms with van der Waals surface area (Å²) in [7, 11) is 0. The van der Waals surface area contributed by atoms with E-state index in [4.69, 9.17) is 0 Å². The number of rotatable bonds is 6. The summed E-state index contributed by atoms with van der Waals surface area (Å²) >= 11 is 0. The average Bonchev–Trinajstić information content (AvgIpc) is 2.29. The highest BCUT2D eigenvalue weighted by Crippen LogP contribution is 2.25. The number of hydrogen-bond donors (Lipinski definition) is 1. The summed E-state index contributed by atoms with van der Waals surface area (Å²) in [6.07, 6.45) is 2.11. The van der Waals surface area contributed by atoms with E-state index in [0.717, 1.165) is 24.9 Å². The lowest BCUT2D eigenvalue weighted by molar-refractivity contribution is 0.418. The Labute approximate surface area is 98.1 Å². The molecule has 0 saturated heterocycles. The lowest BCUT2D eigenvalue weighted by Crippen LogP contribution is -2.34. The van der Waals surface area contributed by atoms with Crippen LogP contribution in [0.4, 0.5) is 4.39 Å². The topological polar surface area (TPSA) is 12.0 Å². The van der Waals surface area contributed by atoms with E-state index in [-0.39, 0.29) is 5.82 Å². The van der Waals surface area contributed by atoms with Gasteiger partial charge >= 0.3 is 0 Å². The van der Waals surface area contributed by atoms with Crippen LogP contribution < -0.4 is 5.32 Å². The highest BCUT2D eigenvalue weighted by atomic mass is 19.1. The van der Waals surface area contributed by atoms with Crippen molar-refractivity contribution >= 4 is 0 Å². The lowest BCUT2D eigenvalue weighted by Gasteiger charge is -2.26. The monoisotopic (exact) mass is 223 g/mol. The normalized spacial score (nSPS) is 14.8. The lowest BCUT2D eigenvalue weighted by atomic mass is 9.87. The second-order valence-electron chi connectivity index (χ2n) is 4.14. The summed E-state index contributed by atoms with van der Waals surface area (Å²) < 4.78 is 13.2. The van der Waals surface area contributed by atoms with Crippen LogP contribution in [-0.2, 0) is 0 Å². The number of likely N-dealkylation sites (N-methyl/N-ethyl adjacent to an activating group) is 1. The summed E-state index contributed by atoms with van der Waals surface area (Å²) in [6, 6.07) is 7.43. The predicted molar refractivity (Wildman–Crippen MR) is 67.2 cm³/mol. The molecule has 1 N–H and O–H groups in total. The minimum atomic E-state index is -0.137. The molecule has 0 aromatic heterocycles. The number of halogens is 1. The second-order valence-corrected chi connectivity index (χ2v) is 4.14. The van der Waals surface area contributed by atoms with Crippen LogP contribution >= 0.6 is 0 Å². The average molecular weight is 223 g/mol. The van der Waals surface area contributed by atoms with Crippen LogP contribution in [0, 0.1) is 5.82 Å². The van der Waals surface area contributed by atoms with Crippen LogP contribution in [0.3, 0.4) is 0 Å². The molecule has 0 heterocycles. The first-order valence-corrected chi connectivity index (χ1v) is 6.21. The van der Waals surface area contributed by atoms with Crippen LogP contribution in [-0.4, -0.2) is 12.6 Å². The van der Waals surface area contributed by atoms with Crippen molar-refractivity contribution < 1.29 is 4.39 Å². The van der Waals surface area contributed by atoms with Gasteiger partial charge in [-0.1, -0.05) is 32.9 Å². The third-order valence-electron chi connectivity index (χ3n) is 3.11. The maximum atomic E-state index is 13.2. The molecule has 1 nitrogen and oxygen atoms in total. The van der Waals surface area contributed by atoms with Gasteiger partial charge in [0.2, 0.25) is 0 Å². The Kier molecular flexibility index (Phi) is 5.47. The van der Waals surface area contributed by atoms with Gasteiger partial charge in [0, 0.05) is 6.04 Å². The predicted octanol–water partition coefficient (Wildman–Crippen LogP) is 3.71. The summed E-state index contributed by atoms with van der Waals surface area (Å²) in [5.74, 6) is 0.267. The molecule has 90 valence electrons. The second kappa shape index (κ2) is 6.64. The molecule has 0 amide bonds. The smallest absolute Gasteiger partial charge is 0.123 e. The molecule has 2 heteroatoms. The number of nitrogens with one attached hydrogen (secondary N) is 1. The quantitative estimate of drug-likeness (QED) is 0.775. The van der Waals surface area contributed by atoms with Gasteiger partial charge in [-0.25, -0.2) is 4.39 Å². The molecule has 0 spiro atoms. The van der Waals surface area contributed by atoms with Gasteiger partial charge < -0.3 is 5.32 Å². The third kappa shape index (κ3) is 3.31. The first-order valence-electron chi connectivity index (χ1n) is 6.21. The van der Waals surface area contributed by atoms with Gasteiger partial charge in [0.1, 0.15) is 5.82 Å². The maximum Gasteiger partial charge on any atom is 0.123 e. The van der Waals surface area contributed by atoms with Gasteiger partial charge in [0.25, 0.3) is 0 Å². The molecule has 0 aliphatic carbocycles. The fraction of sp³-hybridized carbons (Fsp3) is 0.571. The van der Waals surface area contributed by atoms with Crippen LogP contribution in [0.2, 0.25) is 0 Å². The van der Waals surface area contributed by atoms with E-state index in [1.54, 1.807) is 12.1 Å². The molecule has 16 heavy (non-hydrogen) atoms. The molecule has 1 rings (SSSR count). The Morgan fingerprint density at radius 3 is 2.44 bits per heavy atom. The van der Waals surface area contributed by atoms with Gasteiger partial charge in [0.15, 0.2) is 0 Å². The number of benzene rings is 1. The molecule has 0 bridgehead atoms. The Bertz CT molecular complexity index is 311. The molecule has 0 aliphatic heterocycles. The van der Waals surface area contributed by atoms with Crippen molar-refractivity contribution in [2.75, 3.05) is 6.54 Å². The number of hydrogen-bond acceptors (Lipinski definition) is 1. The van der Waals surface area contributed by atoms with Gasteiger partial charge in [-0.05, 0) is 43.0 Å². The molecule has 0 radical (unpaired) electrons. The van der Waals surface area contributed by atoms with E-state index < -0.39 is 0 Å². The van der Waals surface area contributed by atoms with Gasteiger partial charge in [-0.2, -0.15) is 0 Å². The summed E-state index contributed by atoms with van der Waals surface area (Å²) in [6.45, 7) is 7.41. The van der Waals surface area contributed by atoms with Crippen LogP contribution in [0.1, 0.15) is 45.1 Å². The molecular formula is C14H22FN. The standard InChI is InChI=1S/C14H22FN/c1-4-13(14(5-2)16-6-3)11-8-7-9-12(15)10-11/h7-10,13-14,16H,4-6H2,1-3H3. The fourth-order valence-electron chi connectivity index (χ4n) is 2.32. The Morgan fingerprint density at radius 2 is 1.94 bits per heavy atom. The zero-order chi connectivity index (χ0) is 12.0. The zero-order valence-corrected chi connectivity index (χ0v) is 10.5. The van der Waals surface area contributed by atoms with Crippen molar-refractivity contribution in [3.8, 4) is 0 Å². The summed E-state index contributed by atoms with van der Waals surface area (Å²) in [5.41, 5.74) is 1.11. The van der Waals surface area contributed by atoms with Crippen molar-refractivity contribution in [1.82, 2.24) is 5.32 Å². The van der Waals surface area contributed by atoms with E-state index in [1.807, 2.05) is 6.07 Å². The van der Waals surface area contributed by atoms with Crippen molar-refractivity contribution in [2.45, 2.75) is 45.6 Å². The highest BCUT2D eigenvalue weighted by molar-refractivity contribution is 5.22. The summed E-state index contributed by atoms with van der Waals surface area (Å²) in [5, 5.41) is 3.48. The Balaban J connectivity index is 2.87. The minimum absolute atomic E-state index is 0.137. The van der Waals surface area contributed by atoms with E-state index in [0.29, 0.717) is 12.0 Å². The van der Waals surface area contributed by atoms with Crippen LogP contribution in [0.5, 0.6) is 0 Å². The van der Waals surface area contributed by atoms with Crippen molar-refractivity contribution in [3.05, 3.63) is 35.6 Å². The Hall–Kier alpha value is -0.890. The maximum absolute atomic E-state index is 13.2. The van der Waals surface area contributed by atoms with Gasteiger partial charge in [-0.3, -0.25) is 0 Å². The van der Waals surface area contributed by atoms with Crippen LogP contribution in [0.25, 0.3) is 0 Å². The van der Waals surface area contributed by atoms with Crippen molar-refractivity contribution in [1.29, 1.82) is 0 Å². The third-order valence-corrected chi connectivity index (χ3v) is 3.11. The van der Waals surface area contributed by atoms with E-state index >= 15 is 0 Å². The SMILES string of the molecule is CCNC(CC)C(CC)c1cccc(F)c1. The largest absolute Gasteiger partial charge is 0.314 e. The first-order chi connectivity index (χ1) is 7.72. The molecule has 1 aromatic carbocycles. The highest BCUT2D eigenvalue weighted by Gasteiger charge is 2.19. The Morgan fingerprint density at radius 1 is 1.19 bits per heavy atom. The van der Waals surface area contributed by atoms with Crippen molar-refractivity contribution in [2.24, 2.45) is 0 Å². The minimum Gasteiger partial charge on any atom is -0.314 e. The fourth-order valence-corrected chi connectivity index (χ4v) is 2.32. The molecule has 2 unspecified atom stereocenters. The van der Waals surface area contributed by atoms with E-state index in [9.17, 15) is 4.39 Å². The van der Waals surface area contributed by atoms with E-state index in [2.05, 4.69) is 26.1 Å². The molecule has 0 saturated carbocycles. The van der Waals surface area contributed by atoms with Gasteiger partial charge in [0.05, 0.1) is 0 Å². The first kappa shape index (κ1) is 13.2. The molecule has 0 fully saturated rings. The molecule has 2 atom stereocenters. The van der Waals surface area contributed by atoms with Crippen molar-refractivity contribution in [3.63, 3.8) is 0 Å². The molecule has 0 aliphatic rings. The van der Waals surface area contributed by atoms with Crippen LogP contribution in [0.15, 0.2) is 24.3 Å².